The molecule has 1 heterocycles. The lowest BCUT2D eigenvalue weighted by atomic mass is 10.1. The maximum atomic E-state index is 11.8. The summed E-state index contributed by atoms with van der Waals surface area (Å²) in [6.45, 7) is 11.8. The minimum absolute atomic E-state index is 0.198. The quantitative estimate of drug-likeness (QED) is 0.488. The van der Waals surface area contributed by atoms with E-state index in [2.05, 4.69) is 41.4 Å². The van der Waals surface area contributed by atoms with Crippen molar-refractivity contribution in [3.05, 3.63) is 0 Å². The highest BCUT2D eigenvalue weighted by Crippen LogP contribution is 2.11. The molecule has 7 heteroatoms. The molecule has 7 nitrogen and oxygen atoms in total. The Bertz CT molecular complexity index is 395. The van der Waals surface area contributed by atoms with Gasteiger partial charge < -0.3 is 25.2 Å². The second-order valence-corrected chi connectivity index (χ2v) is 6.52. The zero-order chi connectivity index (χ0) is 18.5. The van der Waals surface area contributed by atoms with Crippen molar-refractivity contribution >= 4 is 12.1 Å². The summed E-state index contributed by atoms with van der Waals surface area (Å²) in [5.74, 6) is 0.876. The third-order valence-electron chi connectivity index (χ3n) is 4.35. The topological polar surface area (TPSA) is 69.2 Å². The van der Waals surface area contributed by atoms with Gasteiger partial charge >= 0.3 is 6.09 Å². The van der Waals surface area contributed by atoms with Crippen LogP contribution in [0, 0.1) is 0 Å². The van der Waals surface area contributed by atoms with Crippen LogP contribution in [-0.2, 0) is 4.74 Å². The number of hydrogen-bond acceptors (Lipinski definition) is 4. The maximum Gasteiger partial charge on any atom is 0.409 e. The number of rotatable bonds is 9. The van der Waals surface area contributed by atoms with Gasteiger partial charge in [0.1, 0.15) is 0 Å². The van der Waals surface area contributed by atoms with Crippen LogP contribution in [0.5, 0.6) is 0 Å². The Morgan fingerprint density at radius 3 is 2.56 bits per heavy atom. The van der Waals surface area contributed by atoms with Gasteiger partial charge in [0.25, 0.3) is 0 Å². The Labute approximate surface area is 153 Å². The van der Waals surface area contributed by atoms with Crippen LogP contribution in [0.2, 0.25) is 0 Å². The van der Waals surface area contributed by atoms with E-state index in [0.717, 1.165) is 58.1 Å². The van der Waals surface area contributed by atoms with E-state index in [9.17, 15) is 4.79 Å². The summed E-state index contributed by atoms with van der Waals surface area (Å²) >= 11 is 0. The van der Waals surface area contributed by atoms with E-state index in [0.29, 0.717) is 12.6 Å². The first-order valence-electron chi connectivity index (χ1n) is 9.75. The number of guanidine groups is 1. The minimum Gasteiger partial charge on any atom is -0.450 e. The van der Waals surface area contributed by atoms with Crippen molar-refractivity contribution in [2.24, 2.45) is 4.99 Å². The van der Waals surface area contributed by atoms with Gasteiger partial charge in [0.15, 0.2) is 5.96 Å². The van der Waals surface area contributed by atoms with Crippen LogP contribution < -0.4 is 10.6 Å². The van der Waals surface area contributed by atoms with Crippen LogP contribution in [0.3, 0.4) is 0 Å². The van der Waals surface area contributed by atoms with E-state index in [-0.39, 0.29) is 6.09 Å². The molecule has 0 aromatic heterocycles. The second-order valence-electron chi connectivity index (χ2n) is 6.52. The van der Waals surface area contributed by atoms with Crippen molar-refractivity contribution in [1.29, 1.82) is 0 Å². The van der Waals surface area contributed by atoms with Gasteiger partial charge in [-0.25, -0.2) is 4.79 Å². The number of hydrogen-bond donors (Lipinski definition) is 2. The van der Waals surface area contributed by atoms with Crippen LogP contribution in [0.1, 0.15) is 46.5 Å². The standard InChI is InChI=1S/C18H37N5O2/c1-5-8-12-22(4)15-11-20-17(19-6-2)21-16-9-13-23(14-10-16)18(24)25-7-3/h16H,5-15H2,1-4H3,(H2,19,20,21). The highest BCUT2D eigenvalue weighted by Gasteiger charge is 2.23. The van der Waals surface area contributed by atoms with Gasteiger partial charge in [0, 0.05) is 32.2 Å². The van der Waals surface area contributed by atoms with Crippen LogP contribution in [0.25, 0.3) is 0 Å². The number of likely N-dealkylation sites (tertiary alicyclic amines) is 1. The van der Waals surface area contributed by atoms with Gasteiger partial charge in [0.2, 0.25) is 0 Å². The molecule has 0 aromatic carbocycles. The van der Waals surface area contributed by atoms with Crippen molar-refractivity contribution < 1.29 is 9.53 Å². The van der Waals surface area contributed by atoms with Crippen LogP contribution in [0.15, 0.2) is 4.99 Å². The molecule has 1 aliphatic heterocycles. The summed E-state index contributed by atoms with van der Waals surface area (Å²) in [7, 11) is 2.15. The highest BCUT2D eigenvalue weighted by atomic mass is 16.6. The zero-order valence-corrected chi connectivity index (χ0v) is 16.5. The smallest absolute Gasteiger partial charge is 0.409 e. The predicted molar refractivity (Wildman–Crippen MR) is 103 cm³/mol. The van der Waals surface area contributed by atoms with Crippen LogP contribution in [0.4, 0.5) is 4.79 Å². The molecule has 0 radical (unpaired) electrons. The Hall–Kier alpha value is -1.50. The number of carbonyl (C=O) groups excluding carboxylic acids is 1. The Kier molecular flexibility index (Phi) is 11.0. The lowest BCUT2D eigenvalue weighted by molar-refractivity contribution is 0.0963. The lowest BCUT2D eigenvalue weighted by Crippen LogP contribution is -2.50. The molecular formula is C18H37N5O2. The van der Waals surface area contributed by atoms with Gasteiger partial charge in [-0.2, -0.15) is 0 Å². The fourth-order valence-corrected chi connectivity index (χ4v) is 2.81. The van der Waals surface area contributed by atoms with E-state index < -0.39 is 0 Å². The normalized spacial score (nSPS) is 16.2. The Morgan fingerprint density at radius 1 is 1.24 bits per heavy atom. The summed E-state index contributed by atoms with van der Waals surface area (Å²) < 4.78 is 5.07. The van der Waals surface area contributed by atoms with E-state index in [1.54, 1.807) is 4.90 Å². The zero-order valence-electron chi connectivity index (χ0n) is 16.5. The molecule has 0 atom stereocenters. The number of piperidine rings is 1. The third kappa shape index (κ3) is 8.95. The predicted octanol–water partition coefficient (Wildman–Crippen LogP) is 1.89. The first-order valence-corrected chi connectivity index (χ1v) is 9.75. The van der Waals surface area contributed by atoms with E-state index in [1.165, 1.54) is 12.8 Å². The van der Waals surface area contributed by atoms with Gasteiger partial charge in [-0.15, -0.1) is 0 Å². The number of nitrogens with one attached hydrogen (secondary N) is 2. The van der Waals surface area contributed by atoms with Crippen molar-refractivity contribution in [3.63, 3.8) is 0 Å². The van der Waals surface area contributed by atoms with Crippen molar-refractivity contribution in [3.8, 4) is 0 Å². The molecule has 0 aromatic rings. The maximum absolute atomic E-state index is 11.8. The molecular weight excluding hydrogens is 318 g/mol. The molecule has 146 valence electrons. The van der Waals surface area contributed by atoms with E-state index in [4.69, 9.17) is 4.74 Å². The second kappa shape index (κ2) is 12.8. The van der Waals surface area contributed by atoms with Crippen molar-refractivity contribution in [2.75, 3.05) is 52.9 Å². The number of ether oxygens (including phenoxy) is 1. The van der Waals surface area contributed by atoms with Gasteiger partial charge in [0.05, 0.1) is 13.2 Å². The number of aliphatic imine (C=N–C) groups is 1. The number of amides is 1. The van der Waals surface area contributed by atoms with Crippen molar-refractivity contribution in [1.82, 2.24) is 20.4 Å². The average Bonchev–Trinajstić information content (AvgIpc) is 2.61. The molecule has 0 bridgehead atoms. The van der Waals surface area contributed by atoms with Gasteiger partial charge in [-0.3, -0.25) is 4.99 Å². The van der Waals surface area contributed by atoms with E-state index >= 15 is 0 Å². The molecule has 0 unspecified atom stereocenters. The fourth-order valence-electron chi connectivity index (χ4n) is 2.81. The highest BCUT2D eigenvalue weighted by molar-refractivity contribution is 5.80. The largest absolute Gasteiger partial charge is 0.450 e. The average molecular weight is 356 g/mol. The van der Waals surface area contributed by atoms with Crippen LogP contribution in [-0.4, -0.2) is 80.8 Å². The number of carbonyl (C=O) groups is 1. The summed E-state index contributed by atoms with van der Waals surface area (Å²) in [5.41, 5.74) is 0. The molecule has 1 fully saturated rings. The molecule has 1 amide bonds. The van der Waals surface area contributed by atoms with Gasteiger partial charge in [-0.1, -0.05) is 13.3 Å². The van der Waals surface area contributed by atoms with Crippen molar-refractivity contribution in [2.45, 2.75) is 52.5 Å². The minimum atomic E-state index is -0.198. The summed E-state index contributed by atoms with van der Waals surface area (Å²) in [4.78, 5) is 20.6. The SMILES string of the molecule is CCCCN(C)CCN=C(NCC)NC1CCN(C(=O)OCC)CC1. The Balaban J connectivity index is 2.37. The molecule has 2 N–H and O–H groups in total. The Morgan fingerprint density at radius 2 is 1.96 bits per heavy atom. The molecule has 0 spiro atoms. The molecule has 0 aliphatic carbocycles. The molecule has 1 aliphatic rings. The molecule has 0 saturated carbocycles. The summed E-state index contributed by atoms with van der Waals surface area (Å²) in [6.07, 6.45) is 4.09. The monoisotopic (exact) mass is 355 g/mol. The van der Waals surface area contributed by atoms with Crippen LogP contribution >= 0.6 is 0 Å². The number of likely N-dealkylation sites (N-methyl/N-ethyl adjacent to an activating group) is 1. The molecule has 1 saturated heterocycles. The third-order valence-corrected chi connectivity index (χ3v) is 4.35. The molecule has 25 heavy (non-hydrogen) atoms. The number of nitrogens with zero attached hydrogens (tertiary/aromatic N) is 3. The van der Waals surface area contributed by atoms with Gasteiger partial charge in [-0.05, 0) is 46.7 Å². The number of unbranched alkanes of at least 4 members (excludes halogenated alkanes) is 1. The first-order chi connectivity index (χ1) is 12.1. The lowest BCUT2D eigenvalue weighted by Gasteiger charge is -2.32. The summed E-state index contributed by atoms with van der Waals surface area (Å²) in [6, 6.07) is 0.348. The summed E-state index contributed by atoms with van der Waals surface area (Å²) in [5, 5.41) is 6.82. The fraction of sp³-hybridized carbons (Fsp3) is 0.889. The van der Waals surface area contributed by atoms with E-state index in [1.807, 2.05) is 6.92 Å². The molecule has 1 rings (SSSR count). The first kappa shape index (κ1) is 21.5.